The molecule has 2 aromatic carbocycles. The van der Waals surface area contributed by atoms with Crippen LogP contribution in [0.5, 0.6) is 0 Å². The number of allylic oxidation sites excluding steroid dienone is 1. The van der Waals surface area contributed by atoms with Crippen LogP contribution in [0.15, 0.2) is 68.9 Å². The Morgan fingerprint density at radius 1 is 1.22 bits per heavy atom. The van der Waals surface area contributed by atoms with E-state index in [0.717, 1.165) is 10.0 Å². The highest BCUT2D eigenvalue weighted by molar-refractivity contribution is 9.10. The quantitative estimate of drug-likeness (QED) is 0.125. The van der Waals surface area contributed by atoms with Gasteiger partial charge in [0.25, 0.3) is 5.69 Å². The molecule has 0 aliphatic heterocycles. The Balaban J connectivity index is 1.67. The van der Waals surface area contributed by atoms with Crippen LogP contribution < -0.4 is 0 Å². The maximum absolute atomic E-state index is 10.9. The van der Waals surface area contributed by atoms with Gasteiger partial charge in [-0.05, 0) is 30.3 Å². The molecule has 4 rings (SSSR count). The molecule has 4 aromatic rings. The highest BCUT2D eigenvalue weighted by Crippen LogP contribution is 2.35. The Morgan fingerprint density at radius 3 is 2.62 bits per heavy atom. The molecule has 158 valence electrons. The zero-order valence-electron chi connectivity index (χ0n) is 16.0. The van der Waals surface area contributed by atoms with Gasteiger partial charge in [-0.25, -0.2) is 4.98 Å². The molecule has 0 spiro atoms. The van der Waals surface area contributed by atoms with Crippen LogP contribution in [-0.2, 0) is 0 Å². The minimum atomic E-state index is -0.548. The Kier molecular flexibility index (Phi) is 6.10. The van der Waals surface area contributed by atoms with Crippen LogP contribution in [0, 0.1) is 21.4 Å². The molecule has 2 heterocycles. The summed E-state index contributed by atoms with van der Waals surface area (Å²) in [6, 6.07) is 16.6. The van der Waals surface area contributed by atoms with Crippen molar-refractivity contribution in [3.63, 3.8) is 0 Å². The predicted octanol–water partition coefficient (Wildman–Crippen LogP) is 7.34. The van der Waals surface area contributed by atoms with Gasteiger partial charge in [0.1, 0.15) is 22.4 Å². The Bertz CT molecular complexity index is 1400. The Morgan fingerprint density at radius 2 is 1.97 bits per heavy atom. The van der Waals surface area contributed by atoms with E-state index in [-0.39, 0.29) is 27.8 Å². The molecule has 0 saturated carbocycles. The lowest BCUT2D eigenvalue weighted by molar-refractivity contribution is -0.384. The number of hydrogen-bond acceptors (Lipinski definition) is 7. The van der Waals surface area contributed by atoms with E-state index in [1.54, 1.807) is 11.4 Å². The Labute approximate surface area is 199 Å². The number of nitrogens with zero attached hydrogens (tertiary/aromatic N) is 3. The van der Waals surface area contributed by atoms with Gasteiger partial charge in [-0.15, -0.1) is 11.3 Å². The van der Waals surface area contributed by atoms with Crippen molar-refractivity contribution in [3.8, 4) is 28.7 Å². The first kappa shape index (κ1) is 21.8. The summed E-state index contributed by atoms with van der Waals surface area (Å²) < 4.78 is 6.62. The van der Waals surface area contributed by atoms with Crippen LogP contribution in [0.3, 0.4) is 0 Å². The lowest BCUT2D eigenvalue weighted by Gasteiger charge is -2.02. The maximum atomic E-state index is 10.9. The number of thiazole rings is 1. The lowest BCUT2D eigenvalue weighted by Crippen LogP contribution is -1.89. The van der Waals surface area contributed by atoms with Crippen molar-refractivity contribution in [3.05, 3.63) is 90.4 Å². The molecule has 0 unspecified atom stereocenters. The topological polar surface area (TPSA) is 113 Å². The van der Waals surface area contributed by atoms with E-state index in [2.05, 4.69) is 20.9 Å². The van der Waals surface area contributed by atoms with Crippen LogP contribution in [0.1, 0.15) is 10.8 Å². The third kappa shape index (κ3) is 4.29. The third-order valence-corrected chi connectivity index (χ3v) is 6.18. The number of aliphatic hydroxyl groups is 1. The maximum Gasteiger partial charge on any atom is 0.270 e. The van der Waals surface area contributed by atoms with Gasteiger partial charge in [-0.1, -0.05) is 39.7 Å². The molecule has 0 radical (unpaired) electrons. The molecule has 0 atom stereocenters. The van der Waals surface area contributed by atoms with Crippen molar-refractivity contribution in [2.45, 2.75) is 0 Å². The normalized spacial score (nSPS) is 11.7. The number of nitriles is 1. The summed E-state index contributed by atoms with van der Waals surface area (Å²) in [7, 11) is 0. The van der Waals surface area contributed by atoms with Gasteiger partial charge in [0.05, 0.1) is 15.6 Å². The molecule has 32 heavy (non-hydrogen) atoms. The minimum Gasteiger partial charge on any atom is -0.503 e. The number of rotatable bonds is 5. The molecule has 0 bridgehead atoms. The minimum absolute atomic E-state index is 0.0333. The first-order valence-corrected chi connectivity index (χ1v) is 11.0. The van der Waals surface area contributed by atoms with E-state index in [1.807, 2.05) is 30.3 Å². The lowest BCUT2D eigenvalue weighted by atomic mass is 10.1. The second-order valence-electron chi connectivity index (χ2n) is 6.47. The monoisotopic (exact) mass is 527 g/mol. The number of aliphatic hydroxyl groups excluding tert-OH is 1. The average Bonchev–Trinajstić information content (AvgIpc) is 3.45. The van der Waals surface area contributed by atoms with Crippen molar-refractivity contribution in [1.82, 2.24) is 4.98 Å². The number of furan rings is 1. The van der Waals surface area contributed by atoms with E-state index in [1.165, 1.54) is 35.6 Å². The number of halogens is 2. The van der Waals surface area contributed by atoms with Crippen LogP contribution in [0.4, 0.5) is 5.69 Å². The van der Waals surface area contributed by atoms with E-state index >= 15 is 0 Å². The zero-order chi connectivity index (χ0) is 22.8. The fourth-order valence-electron chi connectivity index (χ4n) is 2.89. The molecule has 0 aliphatic carbocycles. The average molecular weight is 529 g/mol. The zero-order valence-corrected chi connectivity index (χ0v) is 19.1. The molecular weight excluding hydrogens is 518 g/mol. The van der Waals surface area contributed by atoms with Crippen molar-refractivity contribution < 1.29 is 14.4 Å². The van der Waals surface area contributed by atoms with Crippen molar-refractivity contribution in [2.75, 3.05) is 0 Å². The van der Waals surface area contributed by atoms with Crippen LogP contribution >= 0.6 is 38.9 Å². The molecule has 7 nitrogen and oxygen atoms in total. The summed E-state index contributed by atoms with van der Waals surface area (Å²) in [5, 5.41) is 33.5. The number of benzene rings is 2. The van der Waals surface area contributed by atoms with Gasteiger partial charge in [-0.3, -0.25) is 10.1 Å². The summed E-state index contributed by atoms with van der Waals surface area (Å²) in [6.45, 7) is 0. The number of nitro benzene ring substituents is 1. The van der Waals surface area contributed by atoms with Crippen molar-refractivity contribution in [2.24, 2.45) is 0 Å². The summed E-state index contributed by atoms with van der Waals surface area (Å²) in [4.78, 5) is 14.8. The first-order valence-electron chi connectivity index (χ1n) is 8.97. The summed E-state index contributed by atoms with van der Waals surface area (Å²) >= 11 is 10.8. The van der Waals surface area contributed by atoms with E-state index < -0.39 is 4.92 Å². The summed E-state index contributed by atoms with van der Waals surface area (Å²) in [5.74, 6) is -0.0294. The predicted molar refractivity (Wildman–Crippen MR) is 126 cm³/mol. The number of nitro groups is 1. The van der Waals surface area contributed by atoms with Crippen molar-refractivity contribution in [1.29, 1.82) is 5.26 Å². The SMILES string of the molecule is N#C/C(=C(/O)c1ccc(-c2ccc([N+](=O)[O-])cc2Cl)o1)c1nc(-c2ccc(Br)cc2)cs1. The molecule has 10 heteroatoms. The molecular formula is C22H11BrClN3O4S. The van der Waals surface area contributed by atoms with Gasteiger partial charge >= 0.3 is 0 Å². The molecule has 0 saturated heterocycles. The van der Waals surface area contributed by atoms with E-state index in [9.17, 15) is 20.5 Å². The molecule has 0 amide bonds. The number of aromatic nitrogens is 1. The molecule has 0 aliphatic rings. The standard InChI is InChI=1S/C22H11BrClN3O4S/c23-13-3-1-12(2-4-13)18-11-32-22(26-18)16(10-25)21(28)20-8-7-19(31-20)15-6-5-14(27(29)30)9-17(15)24/h1-9,11,28H/b21-16-. The third-order valence-electron chi connectivity index (χ3n) is 4.47. The molecule has 2 aromatic heterocycles. The fraction of sp³-hybridized carbons (Fsp3) is 0. The largest absolute Gasteiger partial charge is 0.503 e. The van der Waals surface area contributed by atoms with Gasteiger partial charge in [-0.2, -0.15) is 5.26 Å². The first-order chi connectivity index (χ1) is 15.4. The molecule has 0 fully saturated rings. The highest BCUT2D eigenvalue weighted by Gasteiger charge is 2.19. The smallest absolute Gasteiger partial charge is 0.270 e. The summed E-state index contributed by atoms with van der Waals surface area (Å²) in [6.07, 6.45) is 0. The van der Waals surface area contributed by atoms with Gasteiger partial charge < -0.3 is 9.52 Å². The second kappa shape index (κ2) is 8.96. The van der Waals surface area contributed by atoms with Gasteiger partial charge in [0.15, 0.2) is 11.5 Å². The second-order valence-corrected chi connectivity index (χ2v) is 8.65. The Hall–Kier alpha value is -3.45. The highest BCUT2D eigenvalue weighted by atomic mass is 79.9. The van der Waals surface area contributed by atoms with Crippen molar-refractivity contribution >= 4 is 55.9 Å². The van der Waals surface area contributed by atoms with Gasteiger partial charge in [0, 0.05) is 33.1 Å². The molecule has 1 N–H and O–H groups in total. The van der Waals surface area contributed by atoms with Crippen LogP contribution in [0.25, 0.3) is 33.9 Å². The van der Waals surface area contributed by atoms with Crippen LogP contribution in [-0.4, -0.2) is 15.0 Å². The summed E-state index contributed by atoms with van der Waals surface area (Å²) in [5.41, 5.74) is 1.79. The van der Waals surface area contributed by atoms with E-state index in [4.69, 9.17) is 16.0 Å². The van der Waals surface area contributed by atoms with E-state index in [0.29, 0.717) is 22.0 Å². The van der Waals surface area contributed by atoms with Gasteiger partial charge in [0.2, 0.25) is 0 Å². The van der Waals surface area contributed by atoms with Crippen LogP contribution in [0.2, 0.25) is 5.02 Å². The fourth-order valence-corrected chi connectivity index (χ4v) is 4.25. The number of hydrogen-bond donors (Lipinski definition) is 1. The number of non-ortho nitro benzene ring substituents is 1.